The predicted octanol–water partition coefficient (Wildman–Crippen LogP) is 1.14. The largest absolute Gasteiger partial charge is 0.377 e. The maximum absolute atomic E-state index is 12.0. The Balaban J connectivity index is 2.43. The van der Waals surface area contributed by atoms with Crippen LogP contribution in [-0.2, 0) is 9.53 Å². The highest BCUT2D eigenvalue weighted by Crippen LogP contribution is 2.14. The quantitative estimate of drug-likeness (QED) is 0.767. The molecule has 0 aromatic carbocycles. The van der Waals surface area contributed by atoms with Crippen LogP contribution in [0.25, 0.3) is 0 Å². The van der Waals surface area contributed by atoms with Gasteiger partial charge in [0.25, 0.3) is 0 Å². The number of amides is 1. The molecule has 0 radical (unpaired) electrons. The first-order valence-corrected chi connectivity index (χ1v) is 6.35. The van der Waals surface area contributed by atoms with E-state index in [-0.39, 0.29) is 18.1 Å². The summed E-state index contributed by atoms with van der Waals surface area (Å²) in [4.78, 5) is 13.8. The lowest BCUT2D eigenvalue weighted by molar-refractivity contribution is -0.136. The highest BCUT2D eigenvalue weighted by atomic mass is 16.5. The maximum Gasteiger partial charge on any atom is 0.239 e. The molecular weight excluding hydrogens is 204 g/mol. The topological polar surface area (TPSA) is 55.6 Å². The van der Waals surface area contributed by atoms with E-state index in [0.717, 1.165) is 32.2 Å². The fraction of sp³-hybridized carbons (Fsp3) is 0.917. The summed E-state index contributed by atoms with van der Waals surface area (Å²) in [6, 6.07) is -0.328. The monoisotopic (exact) mass is 228 g/mol. The number of hydrogen-bond donors (Lipinski definition) is 1. The second kappa shape index (κ2) is 6.86. The molecule has 0 aliphatic carbocycles. The van der Waals surface area contributed by atoms with Crippen LogP contribution in [0.2, 0.25) is 0 Å². The number of hydrogen-bond acceptors (Lipinski definition) is 3. The van der Waals surface area contributed by atoms with Crippen LogP contribution in [0.4, 0.5) is 0 Å². The molecule has 1 unspecified atom stereocenters. The molecule has 1 rings (SSSR count). The minimum Gasteiger partial charge on any atom is -0.377 e. The van der Waals surface area contributed by atoms with Gasteiger partial charge in [-0.3, -0.25) is 4.79 Å². The number of rotatable bonds is 5. The zero-order chi connectivity index (χ0) is 12.0. The van der Waals surface area contributed by atoms with Gasteiger partial charge in [0.1, 0.15) is 0 Å². The van der Waals surface area contributed by atoms with Gasteiger partial charge in [-0.25, -0.2) is 0 Å². The zero-order valence-electron chi connectivity index (χ0n) is 10.4. The number of carbonyl (C=O) groups is 1. The summed E-state index contributed by atoms with van der Waals surface area (Å²) in [7, 11) is 0. The van der Waals surface area contributed by atoms with Gasteiger partial charge in [0, 0.05) is 19.7 Å². The van der Waals surface area contributed by atoms with E-state index in [0.29, 0.717) is 13.2 Å². The Morgan fingerprint density at radius 1 is 1.56 bits per heavy atom. The van der Waals surface area contributed by atoms with Gasteiger partial charge in [0.05, 0.1) is 12.1 Å². The predicted molar refractivity (Wildman–Crippen MR) is 64.1 cm³/mol. The Morgan fingerprint density at radius 2 is 2.31 bits per heavy atom. The molecule has 1 heterocycles. The van der Waals surface area contributed by atoms with Gasteiger partial charge < -0.3 is 15.4 Å². The maximum atomic E-state index is 12.0. The number of piperidine rings is 1. The number of likely N-dealkylation sites (tertiary alicyclic amines) is 1. The van der Waals surface area contributed by atoms with E-state index < -0.39 is 0 Å². The lowest BCUT2D eigenvalue weighted by atomic mass is 10.1. The van der Waals surface area contributed by atoms with Crippen LogP contribution in [0, 0.1) is 0 Å². The number of nitrogens with zero attached hydrogens (tertiary/aromatic N) is 1. The van der Waals surface area contributed by atoms with Crippen molar-refractivity contribution in [1.82, 2.24) is 4.90 Å². The molecule has 0 bridgehead atoms. The molecule has 4 nitrogen and oxygen atoms in total. The van der Waals surface area contributed by atoms with Gasteiger partial charge >= 0.3 is 0 Å². The van der Waals surface area contributed by atoms with E-state index in [9.17, 15) is 4.79 Å². The second-order valence-corrected chi connectivity index (χ2v) is 4.40. The average Bonchev–Trinajstić information content (AvgIpc) is 2.29. The highest BCUT2D eigenvalue weighted by molar-refractivity contribution is 5.81. The molecule has 1 fully saturated rings. The van der Waals surface area contributed by atoms with Gasteiger partial charge in [-0.15, -0.1) is 0 Å². The van der Waals surface area contributed by atoms with Gasteiger partial charge in [-0.2, -0.15) is 0 Å². The second-order valence-electron chi connectivity index (χ2n) is 4.40. The van der Waals surface area contributed by atoms with Crippen molar-refractivity contribution in [2.24, 2.45) is 5.73 Å². The van der Waals surface area contributed by atoms with E-state index in [1.165, 1.54) is 0 Å². The Kier molecular flexibility index (Phi) is 5.77. The molecule has 1 aliphatic heterocycles. The van der Waals surface area contributed by atoms with Crippen LogP contribution in [0.1, 0.15) is 39.5 Å². The number of carbonyl (C=O) groups excluding carboxylic acids is 1. The van der Waals surface area contributed by atoms with Crippen molar-refractivity contribution >= 4 is 5.91 Å². The summed E-state index contributed by atoms with van der Waals surface area (Å²) in [6.45, 7) is 6.30. The van der Waals surface area contributed by atoms with Crippen LogP contribution in [0.5, 0.6) is 0 Å². The van der Waals surface area contributed by atoms with Crippen molar-refractivity contribution in [2.45, 2.75) is 51.7 Å². The van der Waals surface area contributed by atoms with Crippen LogP contribution >= 0.6 is 0 Å². The molecular formula is C12H24N2O2. The number of nitrogens with two attached hydrogens (primary N) is 1. The lowest BCUT2D eigenvalue weighted by Crippen LogP contribution is -2.49. The zero-order valence-corrected chi connectivity index (χ0v) is 10.4. The highest BCUT2D eigenvalue weighted by Gasteiger charge is 2.26. The minimum atomic E-state index is -0.328. The van der Waals surface area contributed by atoms with Crippen molar-refractivity contribution in [1.29, 1.82) is 0 Å². The molecule has 1 aliphatic rings. The SMILES string of the molecule is CCC[C@@H](N)C(=O)N1CCCC(OCC)C1. The third kappa shape index (κ3) is 3.76. The molecule has 0 aromatic heterocycles. The Labute approximate surface area is 98.1 Å². The lowest BCUT2D eigenvalue weighted by Gasteiger charge is -2.34. The van der Waals surface area contributed by atoms with E-state index in [2.05, 4.69) is 0 Å². The third-order valence-corrected chi connectivity index (χ3v) is 3.01. The standard InChI is InChI=1S/C12H24N2O2/c1-3-6-11(13)12(15)14-8-5-7-10(9-14)16-4-2/h10-11H,3-9,13H2,1-2H3/t10?,11-/m1/s1. The van der Waals surface area contributed by atoms with Crippen molar-refractivity contribution in [3.05, 3.63) is 0 Å². The van der Waals surface area contributed by atoms with Crippen molar-refractivity contribution in [3.63, 3.8) is 0 Å². The molecule has 4 heteroatoms. The summed E-state index contributed by atoms with van der Waals surface area (Å²) >= 11 is 0. The first-order chi connectivity index (χ1) is 7.69. The number of ether oxygens (including phenoxy) is 1. The summed E-state index contributed by atoms with van der Waals surface area (Å²) in [5, 5.41) is 0. The molecule has 2 atom stereocenters. The van der Waals surface area contributed by atoms with Crippen molar-refractivity contribution in [2.75, 3.05) is 19.7 Å². The van der Waals surface area contributed by atoms with E-state index in [1.54, 1.807) is 0 Å². The molecule has 94 valence electrons. The first kappa shape index (κ1) is 13.5. The first-order valence-electron chi connectivity index (χ1n) is 6.35. The Morgan fingerprint density at radius 3 is 2.94 bits per heavy atom. The summed E-state index contributed by atoms with van der Waals surface area (Å²) < 4.78 is 5.57. The van der Waals surface area contributed by atoms with Crippen LogP contribution in [0.3, 0.4) is 0 Å². The Hall–Kier alpha value is -0.610. The van der Waals surface area contributed by atoms with Crippen LogP contribution < -0.4 is 5.73 Å². The van der Waals surface area contributed by atoms with E-state index >= 15 is 0 Å². The molecule has 1 amide bonds. The normalized spacial score (nSPS) is 23.2. The fourth-order valence-corrected chi connectivity index (χ4v) is 2.18. The van der Waals surface area contributed by atoms with Gasteiger partial charge in [0.2, 0.25) is 5.91 Å². The third-order valence-electron chi connectivity index (χ3n) is 3.01. The van der Waals surface area contributed by atoms with E-state index in [1.807, 2.05) is 18.7 Å². The minimum absolute atomic E-state index is 0.0891. The van der Waals surface area contributed by atoms with Crippen LogP contribution in [-0.4, -0.2) is 42.6 Å². The molecule has 0 aromatic rings. The Bertz CT molecular complexity index is 219. The fourth-order valence-electron chi connectivity index (χ4n) is 2.18. The molecule has 0 spiro atoms. The van der Waals surface area contributed by atoms with Crippen LogP contribution in [0.15, 0.2) is 0 Å². The van der Waals surface area contributed by atoms with Gasteiger partial charge in [-0.05, 0) is 26.2 Å². The van der Waals surface area contributed by atoms with Gasteiger partial charge in [0.15, 0.2) is 0 Å². The molecule has 1 saturated heterocycles. The molecule has 2 N–H and O–H groups in total. The van der Waals surface area contributed by atoms with Crippen molar-refractivity contribution in [3.8, 4) is 0 Å². The van der Waals surface area contributed by atoms with Gasteiger partial charge in [-0.1, -0.05) is 13.3 Å². The smallest absolute Gasteiger partial charge is 0.239 e. The summed E-state index contributed by atoms with van der Waals surface area (Å²) in [6.07, 6.45) is 4.01. The molecule has 0 saturated carbocycles. The average molecular weight is 228 g/mol. The van der Waals surface area contributed by atoms with Crippen molar-refractivity contribution < 1.29 is 9.53 Å². The summed E-state index contributed by atoms with van der Waals surface area (Å²) in [5.74, 6) is 0.0891. The summed E-state index contributed by atoms with van der Waals surface area (Å²) in [5.41, 5.74) is 5.85. The van der Waals surface area contributed by atoms with E-state index in [4.69, 9.17) is 10.5 Å². The molecule has 16 heavy (non-hydrogen) atoms.